The zero-order valence-corrected chi connectivity index (χ0v) is 12.1. The lowest BCUT2D eigenvalue weighted by atomic mass is 10.2. The Balaban J connectivity index is 2.12. The van der Waals surface area contributed by atoms with Crippen LogP contribution < -0.4 is 5.73 Å². The summed E-state index contributed by atoms with van der Waals surface area (Å²) in [5.74, 6) is 1.36. The van der Waals surface area contributed by atoms with Crippen molar-refractivity contribution in [2.24, 2.45) is 0 Å². The van der Waals surface area contributed by atoms with Crippen LogP contribution in [0.5, 0.6) is 0 Å². The lowest BCUT2D eigenvalue weighted by Gasteiger charge is -2.05. The van der Waals surface area contributed by atoms with Crippen LogP contribution in [0.1, 0.15) is 0 Å². The summed E-state index contributed by atoms with van der Waals surface area (Å²) in [5, 5.41) is 0. The summed E-state index contributed by atoms with van der Waals surface area (Å²) < 4.78 is 0.968. The lowest BCUT2D eigenvalue weighted by Crippen LogP contribution is -2.02. The Kier molecular flexibility index (Phi) is 3.43. The number of halogens is 1. The van der Waals surface area contributed by atoms with Crippen LogP contribution in [-0.4, -0.2) is 15.0 Å². The first-order chi connectivity index (χ1) is 9.72. The quantitative estimate of drug-likeness (QED) is 0.782. The molecule has 0 fully saturated rings. The molecule has 0 bridgehead atoms. The number of benzene rings is 2. The average molecular weight is 327 g/mol. The molecule has 4 nitrogen and oxygen atoms in total. The van der Waals surface area contributed by atoms with Gasteiger partial charge in [-0.05, 0) is 12.1 Å². The minimum absolute atomic E-state index is 0.217. The van der Waals surface area contributed by atoms with E-state index in [0.717, 1.165) is 15.6 Å². The fourth-order valence-electron chi connectivity index (χ4n) is 1.87. The van der Waals surface area contributed by atoms with Crippen molar-refractivity contribution in [1.29, 1.82) is 0 Å². The number of aromatic nitrogens is 3. The van der Waals surface area contributed by atoms with Crippen LogP contribution in [-0.2, 0) is 0 Å². The van der Waals surface area contributed by atoms with Gasteiger partial charge in [0.25, 0.3) is 0 Å². The Bertz CT molecular complexity index is 744. The standard InChI is InChI=1S/C15H11BrN4/c16-12-8-4-7-11(9-12)14-18-13(19-15(17)20-14)10-5-2-1-3-6-10/h1-9H,(H2,17,18,19,20). The zero-order valence-electron chi connectivity index (χ0n) is 10.5. The number of anilines is 1. The van der Waals surface area contributed by atoms with Crippen LogP contribution in [0, 0.1) is 0 Å². The Morgan fingerprint density at radius 3 is 2.10 bits per heavy atom. The third-order valence-electron chi connectivity index (χ3n) is 2.77. The third kappa shape index (κ3) is 2.67. The molecule has 0 unspecified atom stereocenters. The maximum absolute atomic E-state index is 5.80. The van der Waals surface area contributed by atoms with E-state index >= 15 is 0 Å². The van der Waals surface area contributed by atoms with Crippen LogP contribution in [0.15, 0.2) is 59.1 Å². The van der Waals surface area contributed by atoms with E-state index in [2.05, 4.69) is 30.9 Å². The molecule has 0 atom stereocenters. The van der Waals surface area contributed by atoms with Gasteiger partial charge in [-0.2, -0.15) is 9.97 Å². The fourth-order valence-corrected chi connectivity index (χ4v) is 2.26. The number of rotatable bonds is 2. The van der Waals surface area contributed by atoms with E-state index < -0.39 is 0 Å². The van der Waals surface area contributed by atoms with E-state index in [0.29, 0.717) is 11.6 Å². The van der Waals surface area contributed by atoms with Crippen molar-refractivity contribution in [1.82, 2.24) is 15.0 Å². The van der Waals surface area contributed by atoms with Gasteiger partial charge >= 0.3 is 0 Å². The second-order valence-electron chi connectivity index (χ2n) is 4.22. The van der Waals surface area contributed by atoms with Gasteiger partial charge in [0.2, 0.25) is 5.95 Å². The number of hydrogen-bond donors (Lipinski definition) is 1. The van der Waals surface area contributed by atoms with Gasteiger partial charge < -0.3 is 5.73 Å². The highest BCUT2D eigenvalue weighted by molar-refractivity contribution is 9.10. The van der Waals surface area contributed by atoms with Crippen molar-refractivity contribution in [3.8, 4) is 22.8 Å². The fraction of sp³-hybridized carbons (Fsp3) is 0. The Morgan fingerprint density at radius 1 is 0.750 bits per heavy atom. The van der Waals surface area contributed by atoms with E-state index in [9.17, 15) is 0 Å². The van der Waals surface area contributed by atoms with Gasteiger partial charge in [0.1, 0.15) is 0 Å². The highest BCUT2D eigenvalue weighted by Gasteiger charge is 2.08. The molecule has 0 aliphatic carbocycles. The molecule has 0 radical (unpaired) electrons. The number of hydrogen-bond acceptors (Lipinski definition) is 4. The van der Waals surface area contributed by atoms with E-state index in [1.807, 2.05) is 54.6 Å². The van der Waals surface area contributed by atoms with Gasteiger partial charge in [-0.15, -0.1) is 0 Å². The topological polar surface area (TPSA) is 64.7 Å². The van der Waals surface area contributed by atoms with Gasteiger partial charge in [-0.3, -0.25) is 0 Å². The Morgan fingerprint density at radius 2 is 1.40 bits per heavy atom. The molecule has 0 aliphatic heterocycles. The molecule has 3 rings (SSSR count). The normalized spacial score (nSPS) is 10.4. The number of nitrogens with zero attached hydrogens (tertiary/aromatic N) is 3. The predicted octanol–water partition coefficient (Wildman–Crippen LogP) is 3.55. The lowest BCUT2D eigenvalue weighted by molar-refractivity contribution is 1.08. The monoisotopic (exact) mass is 326 g/mol. The molecule has 20 heavy (non-hydrogen) atoms. The minimum atomic E-state index is 0.217. The molecule has 5 heteroatoms. The molecule has 0 amide bonds. The maximum atomic E-state index is 5.80. The molecule has 1 aromatic heterocycles. The van der Waals surface area contributed by atoms with Gasteiger partial charge in [0.05, 0.1) is 0 Å². The SMILES string of the molecule is Nc1nc(-c2ccccc2)nc(-c2cccc(Br)c2)n1. The van der Waals surface area contributed by atoms with Crippen molar-refractivity contribution < 1.29 is 0 Å². The molecular weight excluding hydrogens is 316 g/mol. The Labute approximate surface area is 124 Å². The first-order valence-electron chi connectivity index (χ1n) is 6.05. The minimum Gasteiger partial charge on any atom is -0.368 e. The molecule has 0 saturated carbocycles. The summed E-state index contributed by atoms with van der Waals surface area (Å²) in [6.07, 6.45) is 0. The molecule has 2 N–H and O–H groups in total. The van der Waals surface area contributed by atoms with Crippen molar-refractivity contribution in [3.05, 3.63) is 59.1 Å². The summed E-state index contributed by atoms with van der Waals surface area (Å²) in [6, 6.07) is 17.5. The van der Waals surface area contributed by atoms with Gasteiger partial charge in [0.15, 0.2) is 11.6 Å². The summed E-state index contributed by atoms with van der Waals surface area (Å²) in [7, 11) is 0. The second-order valence-corrected chi connectivity index (χ2v) is 5.13. The smallest absolute Gasteiger partial charge is 0.224 e. The molecule has 0 aliphatic rings. The van der Waals surface area contributed by atoms with Crippen molar-refractivity contribution >= 4 is 21.9 Å². The van der Waals surface area contributed by atoms with Crippen LogP contribution in [0.2, 0.25) is 0 Å². The summed E-state index contributed by atoms with van der Waals surface area (Å²) >= 11 is 3.44. The van der Waals surface area contributed by atoms with E-state index in [1.54, 1.807) is 0 Å². The van der Waals surface area contributed by atoms with E-state index in [1.165, 1.54) is 0 Å². The first-order valence-corrected chi connectivity index (χ1v) is 6.84. The number of nitrogens with two attached hydrogens (primary N) is 1. The summed E-state index contributed by atoms with van der Waals surface area (Å²) in [4.78, 5) is 12.9. The molecule has 2 aromatic carbocycles. The van der Waals surface area contributed by atoms with Crippen LogP contribution in [0.4, 0.5) is 5.95 Å². The largest absolute Gasteiger partial charge is 0.368 e. The number of nitrogen functional groups attached to an aromatic ring is 1. The average Bonchev–Trinajstić information content (AvgIpc) is 2.47. The molecule has 0 saturated heterocycles. The third-order valence-corrected chi connectivity index (χ3v) is 3.26. The first kappa shape index (κ1) is 12.7. The molecule has 3 aromatic rings. The Hall–Kier alpha value is -2.27. The summed E-state index contributed by atoms with van der Waals surface area (Å²) in [6.45, 7) is 0. The van der Waals surface area contributed by atoms with Gasteiger partial charge in [-0.25, -0.2) is 4.98 Å². The van der Waals surface area contributed by atoms with Crippen molar-refractivity contribution in [3.63, 3.8) is 0 Å². The van der Waals surface area contributed by atoms with Gasteiger partial charge in [0, 0.05) is 15.6 Å². The predicted molar refractivity (Wildman–Crippen MR) is 82.8 cm³/mol. The molecule has 0 spiro atoms. The van der Waals surface area contributed by atoms with E-state index in [4.69, 9.17) is 5.73 Å². The molecule has 1 heterocycles. The molecule has 98 valence electrons. The van der Waals surface area contributed by atoms with Crippen LogP contribution >= 0.6 is 15.9 Å². The van der Waals surface area contributed by atoms with Crippen LogP contribution in [0.3, 0.4) is 0 Å². The van der Waals surface area contributed by atoms with Gasteiger partial charge in [-0.1, -0.05) is 58.4 Å². The zero-order chi connectivity index (χ0) is 13.9. The second kappa shape index (κ2) is 5.38. The maximum Gasteiger partial charge on any atom is 0.224 e. The molecular formula is C15H11BrN4. The summed E-state index contributed by atoms with van der Waals surface area (Å²) in [5.41, 5.74) is 7.61. The van der Waals surface area contributed by atoms with Crippen molar-refractivity contribution in [2.45, 2.75) is 0 Å². The van der Waals surface area contributed by atoms with Crippen molar-refractivity contribution in [2.75, 3.05) is 5.73 Å². The highest BCUT2D eigenvalue weighted by Crippen LogP contribution is 2.23. The van der Waals surface area contributed by atoms with Crippen LogP contribution in [0.25, 0.3) is 22.8 Å². The highest BCUT2D eigenvalue weighted by atomic mass is 79.9. The van der Waals surface area contributed by atoms with E-state index in [-0.39, 0.29) is 5.95 Å².